The van der Waals surface area contributed by atoms with Crippen LogP contribution in [-0.2, 0) is 85.3 Å². The lowest BCUT2D eigenvalue weighted by Gasteiger charge is -2.40. The second kappa shape index (κ2) is 56.4. The van der Waals surface area contributed by atoms with Crippen molar-refractivity contribution in [3.05, 3.63) is 0 Å². The van der Waals surface area contributed by atoms with E-state index in [0.717, 1.165) is 38.8 Å². The van der Waals surface area contributed by atoms with Crippen molar-refractivity contribution in [2.75, 3.05) is 106 Å². The second-order valence-electron chi connectivity index (χ2n) is 31.1. The molecule has 4 aliphatic heterocycles. The summed E-state index contributed by atoms with van der Waals surface area (Å²) in [5.74, 6) is -2.13. The van der Waals surface area contributed by atoms with Crippen molar-refractivity contribution in [2.24, 2.45) is 23.2 Å². The maximum atomic E-state index is 14.1. The Balaban J connectivity index is 1.29. The van der Waals surface area contributed by atoms with Crippen LogP contribution in [-0.4, -0.2) is 299 Å². The van der Waals surface area contributed by atoms with Crippen LogP contribution in [0.5, 0.6) is 0 Å². The minimum absolute atomic E-state index is 0.0315. The average Bonchev–Trinajstić information content (AvgIpc) is 1.11. The van der Waals surface area contributed by atoms with E-state index in [2.05, 4.69) is 10.6 Å². The van der Waals surface area contributed by atoms with Crippen LogP contribution in [0.3, 0.4) is 0 Å². The number of alkyl carbamates (subject to hydrolysis) is 1. The number of hydrogen-bond acceptors (Lipinski definition) is 29. The molecule has 0 saturated carbocycles. The summed E-state index contributed by atoms with van der Waals surface area (Å²) in [6, 6.07) is -0.490. The summed E-state index contributed by atoms with van der Waals surface area (Å²) >= 11 is 0. The number of Topliss-reactive ketones (excluding diaryl/α,β-unsaturated/α-hetero) is 5. The summed E-state index contributed by atoms with van der Waals surface area (Å²) in [6.45, 7) is 4.95. The van der Waals surface area contributed by atoms with Crippen LogP contribution in [0.15, 0.2) is 0 Å². The maximum absolute atomic E-state index is 14.1. The SMILES string of the molecule is CC1C(OCCCCC(=O)CCCCCC(=O)CCOCC(COCCC(=O)CCCCCC(=O)CCCCOC2OC(CO)C(O)C(O)C2C)(COC(=O)NCCCNC(=O)CCCCOC2OC(CO)C(O)C(O)C2C)CC(=O)CCCCCCCCCC(=O)N2C[C@H](O)C[C@H]2COP(C)(=O)O)OC(CO)C(O)C1O. The highest BCUT2D eigenvalue weighted by Crippen LogP contribution is 2.38. The number of nitrogens with zero attached hydrogens (tertiary/aromatic N) is 1. The molecule has 4 saturated heterocycles. The fourth-order valence-electron chi connectivity index (χ4n) is 14.0. The fourth-order valence-corrected chi connectivity index (χ4v) is 14.5. The average molecular weight is 1630 g/mol. The molecule has 0 spiro atoms. The van der Waals surface area contributed by atoms with Gasteiger partial charge in [-0.1, -0.05) is 65.7 Å². The molecule has 34 heteroatoms. The third kappa shape index (κ3) is 40.0. The molecule has 4 heterocycles. The number of β-amino-alcohol motifs (C(OH)–C–C–N with tert-alkyl or cyclic N) is 1. The van der Waals surface area contributed by atoms with E-state index >= 15 is 0 Å². The van der Waals surface area contributed by atoms with Gasteiger partial charge in [-0.25, -0.2) is 4.79 Å². The number of unbranched alkanes of at least 4 members (excludes halogenated alkanes) is 13. The largest absolute Gasteiger partial charge is 0.449 e. The van der Waals surface area contributed by atoms with Crippen LogP contribution in [0, 0.1) is 23.2 Å². The van der Waals surface area contributed by atoms with Crippen molar-refractivity contribution in [1.82, 2.24) is 15.5 Å². The molecule has 4 rings (SSSR count). The monoisotopic (exact) mass is 1630 g/mol. The number of carbonyl (C=O) groups is 8. The Bertz CT molecular complexity index is 2640. The van der Waals surface area contributed by atoms with E-state index in [1.165, 1.54) is 4.90 Å². The summed E-state index contributed by atoms with van der Waals surface area (Å²) < 4.78 is 69.0. The minimum Gasteiger partial charge on any atom is -0.449 e. The molecular formula is C78H138N3O30P. The Labute approximate surface area is 660 Å². The van der Waals surface area contributed by atoms with Crippen LogP contribution in [0.25, 0.3) is 0 Å². The number of aliphatic hydroxyl groups excluding tert-OH is 10. The van der Waals surface area contributed by atoms with E-state index in [1.807, 2.05) is 0 Å². The van der Waals surface area contributed by atoms with Gasteiger partial charge in [-0.2, -0.15) is 0 Å². The van der Waals surface area contributed by atoms with Gasteiger partial charge in [0, 0.05) is 141 Å². The number of ketones is 5. The molecule has 4 fully saturated rings. The lowest BCUT2D eigenvalue weighted by molar-refractivity contribution is -0.282. The molecule has 3 amide bonds. The van der Waals surface area contributed by atoms with Crippen LogP contribution in [0.2, 0.25) is 0 Å². The van der Waals surface area contributed by atoms with Gasteiger partial charge in [0.15, 0.2) is 18.9 Å². The smallest absolute Gasteiger partial charge is 0.407 e. The van der Waals surface area contributed by atoms with E-state index in [1.54, 1.807) is 20.8 Å². The molecule has 33 nitrogen and oxygen atoms in total. The Hall–Kier alpha value is -4.01. The normalized spacial score (nSPS) is 27.1. The van der Waals surface area contributed by atoms with Gasteiger partial charge in [-0.3, -0.25) is 38.1 Å². The van der Waals surface area contributed by atoms with Gasteiger partial charge >= 0.3 is 13.7 Å². The summed E-state index contributed by atoms with van der Waals surface area (Å²) in [5.41, 5.74) is -1.28. The molecular weight excluding hydrogens is 1490 g/mol. The first kappa shape index (κ1) is 100. The molecule has 112 heavy (non-hydrogen) atoms. The third-order valence-corrected chi connectivity index (χ3v) is 21.8. The molecule has 4 aliphatic rings. The van der Waals surface area contributed by atoms with E-state index in [-0.39, 0.29) is 178 Å². The summed E-state index contributed by atoms with van der Waals surface area (Å²) in [7, 11) is -3.76. The van der Waals surface area contributed by atoms with Crippen molar-refractivity contribution in [3.8, 4) is 0 Å². The van der Waals surface area contributed by atoms with Gasteiger partial charge in [0.05, 0.1) is 88.7 Å². The topological polar surface area (TPSA) is 496 Å². The number of ether oxygens (including phenoxy) is 9. The van der Waals surface area contributed by atoms with Crippen LogP contribution in [0.1, 0.15) is 233 Å². The van der Waals surface area contributed by atoms with Gasteiger partial charge < -0.3 is 119 Å². The standard InChI is InChI=1S/C78H138N3O30P/c1-53-68(93)71(96)63(46-82)109-74(53)104-38-21-18-29-57(85)25-13-10-15-27-59(87)34-41-102-50-78(44-61(89)31-12-8-6-5-7-9-17-33-67(92)81-45-62(90)43-56(81)49-108-112(4,100)101,52-107-77(99)80-37-24-36-79-66(91)32-20-23-40-106-76-55(3)70(95)73(98)65(48-84)111-76)51-103-42-35-60(88)28-16-11-14-26-58(86)30-19-22-39-105-75-54(2)69(94)72(97)64(47-83)110-75/h53-56,62-65,68-76,82-84,90,93-98H,5-52H2,1-4H3,(H,79,91)(H,80,99)(H,100,101)/t53?,54?,55?,56-,62+,63?,64?,65?,68?,69?,70?,71?,72?,73?,74?,75?,76?,78?/m0/s1. The van der Waals surface area contributed by atoms with Gasteiger partial charge in [-0.15, -0.1) is 0 Å². The van der Waals surface area contributed by atoms with E-state index in [9.17, 15) is 98.9 Å². The molecule has 650 valence electrons. The zero-order valence-corrected chi connectivity index (χ0v) is 67.7. The molecule has 0 aromatic rings. The Morgan fingerprint density at radius 2 is 0.795 bits per heavy atom. The van der Waals surface area contributed by atoms with E-state index in [4.69, 9.17) is 47.2 Å². The van der Waals surface area contributed by atoms with Crippen LogP contribution >= 0.6 is 7.60 Å². The van der Waals surface area contributed by atoms with Crippen LogP contribution < -0.4 is 10.6 Å². The molecule has 0 radical (unpaired) electrons. The number of amides is 3. The molecule has 0 aromatic heterocycles. The van der Waals surface area contributed by atoms with Gasteiger partial charge in [0.2, 0.25) is 11.8 Å². The van der Waals surface area contributed by atoms with Gasteiger partial charge in [-0.05, 0) is 89.9 Å². The highest BCUT2D eigenvalue weighted by Gasteiger charge is 2.45. The zero-order valence-electron chi connectivity index (χ0n) is 66.8. The fraction of sp³-hybridized carbons (Fsp3) is 0.897. The molecule has 13 N–H and O–H groups in total. The highest BCUT2D eigenvalue weighted by atomic mass is 31.2. The molecule has 0 aromatic carbocycles. The molecule has 18 atom stereocenters. The zero-order chi connectivity index (χ0) is 82.4. The summed E-state index contributed by atoms with van der Waals surface area (Å²) in [6.07, 6.45) is 0.906. The molecule has 0 bridgehead atoms. The van der Waals surface area contributed by atoms with E-state index < -0.39 is 143 Å². The lowest BCUT2D eigenvalue weighted by Crippen LogP contribution is -2.55. The number of likely N-dealkylation sites (tertiary alicyclic amines) is 1. The number of rotatable bonds is 64. The Kier molecular flexibility index (Phi) is 50.5. The van der Waals surface area contributed by atoms with Crippen molar-refractivity contribution in [1.29, 1.82) is 0 Å². The van der Waals surface area contributed by atoms with Crippen molar-refractivity contribution in [2.45, 2.75) is 319 Å². The highest BCUT2D eigenvalue weighted by molar-refractivity contribution is 7.51. The van der Waals surface area contributed by atoms with Gasteiger partial charge in [0.1, 0.15) is 72.1 Å². The van der Waals surface area contributed by atoms with E-state index in [0.29, 0.717) is 122 Å². The predicted molar refractivity (Wildman–Crippen MR) is 406 cm³/mol. The van der Waals surface area contributed by atoms with Crippen molar-refractivity contribution >= 4 is 54.4 Å². The van der Waals surface area contributed by atoms with Crippen molar-refractivity contribution in [3.63, 3.8) is 0 Å². The maximum Gasteiger partial charge on any atom is 0.407 e. The molecule has 16 unspecified atom stereocenters. The predicted octanol–water partition coefficient (Wildman–Crippen LogP) is 4.25. The van der Waals surface area contributed by atoms with Crippen molar-refractivity contribution < 1.29 is 146 Å². The number of carbonyl (C=O) groups excluding carboxylic acids is 8. The number of nitrogens with one attached hydrogen (secondary N) is 2. The first-order valence-electron chi connectivity index (χ1n) is 41.1. The molecule has 0 aliphatic carbocycles. The third-order valence-electron chi connectivity index (χ3n) is 21.2. The Morgan fingerprint density at radius 1 is 0.438 bits per heavy atom. The lowest BCUT2D eigenvalue weighted by atomic mass is 9.84. The quantitative estimate of drug-likeness (QED) is 0.0299. The summed E-state index contributed by atoms with van der Waals surface area (Å²) in [4.78, 5) is 116. The number of aliphatic hydroxyl groups is 10. The first-order valence-corrected chi connectivity index (χ1v) is 43.1. The Morgan fingerprint density at radius 3 is 1.21 bits per heavy atom. The first-order chi connectivity index (χ1) is 53.5. The minimum atomic E-state index is -3.76. The van der Waals surface area contributed by atoms with Gasteiger partial charge in [0.25, 0.3) is 0 Å². The van der Waals surface area contributed by atoms with Crippen LogP contribution in [0.4, 0.5) is 4.79 Å². The summed E-state index contributed by atoms with van der Waals surface area (Å²) in [5, 5.41) is 106. The number of hydrogen-bond donors (Lipinski definition) is 13. The second-order valence-corrected chi connectivity index (χ2v) is 33.0.